The van der Waals surface area contributed by atoms with Crippen molar-refractivity contribution in [2.24, 2.45) is 0 Å². The van der Waals surface area contributed by atoms with Crippen molar-refractivity contribution in [1.82, 2.24) is 9.80 Å². The lowest BCUT2D eigenvalue weighted by Crippen LogP contribution is -2.42. The quantitative estimate of drug-likeness (QED) is 0.794. The average molecular weight is 395 g/mol. The van der Waals surface area contributed by atoms with Crippen molar-refractivity contribution in [2.45, 2.75) is 25.7 Å². The fourth-order valence-electron chi connectivity index (χ4n) is 2.97. The normalized spacial score (nSPS) is 20.0. The number of thioether (sulfide) groups is 1. The Morgan fingerprint density at radius 2 is 1.88 bits per heavy atom. The highest BCUT2D eigenvalue weighted by molar-refractivity contribution is 8.18. The van der Waals surface area contributed by atoms with Gasteiger partial charge in [-0.05, 0) is 48.9 Å². The van der Waals surface area contributed by atoms with Gasteiger partial charge < -0.3 is 10.0 Å². The second-order valence-corrected chi connectivity index (χ2v) is 7.70. The number of rotatable bonds is 3. The van der Waals surface area contributed by atoms with Crippen LogP contribution in [0.3, 0.4) is 0 Å². The molecule has 0 saturated carbocycles. The van der Waals surface area contributed by atoms with Crippen LogP contribution < -0.4 is 0 Å². The molecule has 2 heterocycles. The molecule has 2 fully saturated rings. The Balaban J connectivity index is 1.73. The molecule has 2 saturated heterocycles. The summed E-state index contributed by atoms with van der Waals surface area (Å²) in [6.45, 7) is 1.09. The van der Waals surface area contributed by atoms with Crippen LogP contribution in [0.15, 0.2) is 23.1 Å². The molecule has 0 unspecified atom stereocenters. The molecule has 0 radical (unpaired) electrons. The third-order valence-electron chi connectivity index (χ3n) is 4.40. The summed E-state index contributed by atoms with van der Waals surface area (Å²) in [6, 6.07) is 4.45. The van der Waals surface area contributed by atoms with Gasteiger partial charge in [0.2, 0.25) is 5.91 Å². The molecule has 8 heteroatoms. The van der Waals surface area contributed by atoms with Crippen molar-refractivity contribution >= 4 is 46.5 Å². The SMILES string of the molecule is O=C(CN1C(=O)SC(=Cc2cc(Cl)ccc2O)C1=O)N1CCCCCC1. The number of hydrogen-bond donors (Lipinski definition) is 1. The van der Waals surface area contributed by atoms with Crippen LogP contribution >= 0.6 is 23.4 Å². The largest absolute Gasteiger partial charge is 0.507 e. The number of phenols is 1. The van der Waals surface area contributed by atoms with Crippen molar-refractivity contribution in [2.75, 3.05) is 19.6 Å². The fourth-order valence-corrected chi connectivity index (χ4v) is 3.98. The highest BCUT2D eigenvalue weighted by Gasteiger charge is 2.37. The van der Waals surface area contributed by atoms with Crippen LogP contribution in [0.1, 0.15) is 31.2 Å². The maximum Gasteiger partial charge on any atom is 0.294 e. The molecular weight excluding hydrogens is 376 g/mol. The Morgan fingerprint density at radius 1 is 1.19 bits per heavy atom. The number of amides is 3. The lowest BCUT2D eigenvalue weighted by atomic mass is 10.2. The maximum absolute atomic E-state index is 12.5. The second-order valence-electron chi connectivity index (χ2n) is 6.27. The molecule has 0 atom stereocenters. The molecule has 0 bridgehead atoms. The first-order valence-corrected chi connectivity index (χ1v) is 9.67. The Kier molecular flexibility index (Phi) is 5.88. The van der Waals surface area contributed by atoms with Crippen molar-refractivity contribution < 1.29 is 19.5 Å². The van der Waals surface area contributed by atoms with Crippen LogP contribution in [-0.2, 0) is 9.59 Å². The van der Waals surface area contributed by atoms with E-state index in [-0.39, 0.29) is 23.1 Å². The Hall–Kier alpha value is -1.99. The van der Waals surface area contributed by atoms with E-state index < -0.39 is 11.1 Å². The van der Waals surface area contributed by atoms with Crippen molar-refractivity contribution in [1.29, 1.82) is 0 Å². The summed E-state index contributed by atoms with van der Waals surface area (Å²) in [5.41, 5.74) is 0.349. The van der Waals surface area contributed by atoms with E-state index >= 15 is 0 Å². The lowest BCUT2D eigenvalue weighted by Gasteiger charge is -2.22. The van der Waals surface area contributed by atoms with Gasteiger partial charge in [-0.1, -0.05) is 24.4 Å². The van der Waals surface area contributed by atoms with Crippen molar-refractivity contribution in [3.8, 4) is 5.75 Å². The van der Waals surface area contributed by atoms with Crippen LogP contribution in [0.2, 0.25) is 5.02 Å². The number of benzene rings is 1. The number of nitrogens with zero attached hydrogens (tertiary/aromatic N) is 2. The molecule has 2 aliphatic rings. The minimum absolute atomic E-state index is 0.0400. The predicted molar refractivity (Wildman–Crippen MR) is 101 cm³/mol. The standard InChI is InChI=1S/C18H19ClN2O4S/c19-13-5-6-14(22)12(9-13)10-15-17(24)21(18(25)26-15)11-16(23)20-7-3-1-2-4-8-20/h5-6,9-10,22H,1-4,7-8,11H2. The van der Waals surface area contributed by atoms with Gasteiger partial charge in [0, 0.05) is 23.7 Å². The molecule has 3 rings (SSSR count). The Bertz CT molecular complexity index is 772. The first-order chi connectivity index (χ1) is 12.5. The van der Waals surface area contributed by atoms with Crippen LogP contribution in [0.4, 0.5) is 4.79 Å². The van der Waals surface area contributed by atoms with Crippen LogP contribution in [-0.4, -0.2) is 51.6 Å². The molecule has 3 amide bonds. The van der Waals surface area contributed by atoms with Gasteiger partial charge in [0.25, 0.3) is 11.1 Å². The predicted octanol–water partition coefficient (Wildman–Crippen LogP) is 3.48. The van der Waals surface area contributed by atoms with Gasteiger partial charge >= 0.3 is 0 Å². The Labute approximate surface area is 160 Å². The third-order valence-corrected chi connectivity index (χ3v) is 5.54. The summed E-state index contributed by atoms with van der Waals surface area (Å²) in [5.74, 6) is -0.773. The average Bonchev–Trinajstić information content (AvgIpc) is 2.82. The zero-order chi connectivity index (χ0) is 18.7. The van der Waals surface area contributed by atoms with E-state index in [2.05, 4.69) is 0 Å². The minimum Gasteiger partial charge on any atom is -0.507 e. The van der Waals surface area contributed by atoms with Gasteiger partial charge in [-0.25, -0.2) is 0 Å². The first kappa shape index (κ1) is 18.8. The van der Waals surface area contributed by atoms with E-state index in [0.717, 1.165) is 42.3 Å². The molecule has 2 aliphatic heterocycles. The third kappa shape index (κ3) is 4.22. The zero-order valence-electron chi connectivity index (χ0n) is 14.1. The summed E-state index contributed by atoms with van der Waals surface area (Å²) >= 11 is 6.66. The molecule has 0 spiro atoms. The molecule has 1 N–H and O–H groups in total. The molecule has 138 valence electrons. The molecule has 0 aromatic heterocycles. The molecule has 26 heavy (non-hydrogen) atoms. The van der Waals surface area contributed by atoms with E-state index in [9.17, 15) is 19.5 Å². The first-order valence-electron chi connectivity index (χ1n) is 8.47. The number of carbonyl (C=O) groups is 3. The molecule has 0 aliphatic carbocycles. The van der Waals surface area contributed by atoms with Gasteiger partial charge in [-0.15, -0.1) is 0 Å². The molecular formula is C18H19ClN2O4S. The van der Waals surface area contributed by atoms with Gasteiger partial charge in [0.05, 0.1) is 4.91 Å². The van der Waals surface area contributed by atoms with E-state index in [1.807, 2.05) is 0 Å². The number of phenolic OH excluding ortho intramolecular Hbond substituents is 1. The van der Waals surface area contributed by atoms with E-state index in [1.165, 1.54) is 24.3 Å². The van der Waals surface area contributed by atoms with Crippen molar-refractivity contribution in [3.63, 3.8) is 0 Å². The monoisotopic (exact) mass is 394 g/mol. The topological polar surface area (TPSA) is 77.9 Å². The van der Waals surface area contributed by atoms with Crippen LogP contribution in [0, 0.1) is 0 Å². The number of carbonyl (C=O) groups excluding carboxylic acids is 3. The van der Waals surface area contributed by atoms with Gasteiger partial charge in [0.1, 0.15) is 12.3 Å². The highest BCUT2D eigenvalue weighted by Crippen LogP contribution is 2.34. The molecule has 1 aromatic rings. The summed E-state index contributed by atoms with van der Waals surface area (Å²) < 4.78 is 0. The summed E-state index contributed by atoms with van der Waals surface area (Å²) in [7, 11) is 0. The van der Waals surface area contributed by atoms with Gasteiger partial charge in [-0.2, -0.15) is 0 Å². The summed E-state index contributed by atoms with van der Waals surface area (Å²) in [6.07, 6.45) is 5.50. The van der Waals surface area contributed by atoms with Gasteiger partial charge in [0.15, 0.2) is 0 Å². The highest BCUT2D eigenvalue weighted by atomic mass is 35.5. The van der Waals surface area contributed by atoms with Gasteiger partial charge in [-0.3, -0.25) is 19.3 Å². The smallest absolute Gasteiger partial charge is 0.294 e. The van der Waals surface area contributed by atoms with Crippen LogP contribution in [0.5, 0.6) is 5.75 Å². The lowest BCUT2D eigenvalue weighted by molar-refractivity contribution is -0.135. The summed E-state index contributed by atoms with van der Waals surface area (Å²) in [4.78, 5) is 40.0. The minimum atomic E-state index is -0.525. The number of halogens is 1. The molecule has 1 aromatic carbocycles. The number of imide groups is 1. The molecule has 6 nitrogen and oxygen atoms in total. The van der Waals surface area contributed by atoms with E-state index in [0.29, 0.717) is 23.7 Å². The van der Waals surface area contributed by atoms with E-state index in [4.69, 9.17) is 11.6 Å². The number of hydrogen-bond acceptors (Lipinski definition) is 5. The fraction of sp³-hybridized carbons (Fsp3) is 0.389. The van der Waals surface area contributed by atoms with E-state index in [1.54, 1.807) is 4.90 Å². The summed E-state index contributed by atoms with van der Waals surface area (Å²) in [5, 5.41) is 9.80. The maximum atomic E-state index is 12.5. The zero-order valence-corrected chi connectivity index (χ0v) is 15.7. The van der Waals surface area contributed by atoms with Crippen molar-refractivity contribution in [3.05, 3.63) is 33.7 Å². The second kappa shape index (κ2) is 8.14. The number of aromatic hydroxyl groups is 1. The number of likely N-dealkylation sites (tertiary alicyclic amines) is 1. The Morgan fingerprint density at radius 3 is 2.58 bits per heavy atom. The van der Waals surface area contributed by atoms with Crippen LogP contribution in [0.25, 0.3) is 6.08 Å².